The van der Waals surface area contributed by atoms with Gasteiger partial charge in [0.2, 0.25) is 0 Å². The SMILES string of the molecule is O=C(O)CCC1CCCN(C(=O)c2ccc(Oc3ccccc3)cc2)C1. The summed E-state index contributed by atoms with van der Waals surface area (Å²) >= 11 is 0. The highest BCUT2D eigenvalue weighted by Gasteiger charge is 2.24. The third-order valence-electron chi connectivity index (χ3n) is 4.65. The summed E-state index contributed by atoms with van der Waals surface area (Å²) in [5.74, 6) is 0.929. The predicted octanol–water partition coefficient (Wildman–Crippen LogP) is 4.20. The Labute approximate surface area is 153 Å². The zero-order valence-corrected chi connectivity index (χ0v) is 14.6. The van der Waals surface area contributed by atoms with Crippen molar-refractivity contribution in [2.45, 2.75) is 25.7 Å². The number of hydrogen-bond donors (Lipinski definition) is 1. The van der Waals surface area contributed by atoms with Crippen LogP contribution in [0.2, 0.25) is 0 Å². The predicted molar refractivity (Wildman–Crippen MR) is 98.5 cm³/mol. The molecule has 0 saturated carbocycles. The standard InChI is InChI=1S/C21H23NO4/c23-20(24)13-8-16-5-4-14-22(15-16)21(25)17-9-11-19(12-10-17)26-18-6-2-1-3-7-18/h1-3,6-7,9-12,16H,4-5,8,13-15H2,(H,23,24). The normalized spacial score (nSPS) is 16.9. The molecule has 1 fully saturated rings. The Kier molecular flexibility index (Phi) is 5.89. The molecule has 5 nitrogen and oxygen atoms in total. The van der Waals surface area contributed by atoms with Gasteiger partial charge in [-0.25, -0.2) is 0 Å². The zero-order chi connectivity index (χ0) is 18.4. The largest absolute Gasteiger partial charge is 0.481 e. The van der Waals surface area contributed by atoms with E-state index in [4.69, 9.17) is 9.84 Å². The van der Waals surface area contributed by atoms with Gasteiger partial charge in [-0.1, -0.05) is 18.2 Å². The van der Waals surface area contributed by atoms with E-state index in [1.165, 1.54) is 0 Å². The minimum Gasteiger partial charge on any atom is -0.481 e. The number of carboxylic acids is 1. The summed E-state index contributed by atoms with van der Waals surface area (Å²) in [5, 5.41) is 8.84. The van der Waals surface area contributed by atoms with E-state index in [2.05, 4.69) is 0 Å². The second-order valence-electron chi connectivity index (χ2n) is 6.63. The number of carbonyl (C=O) groups is 2. The number of aliphatic carboxylic acids is 1. The molecule has 0 aliphatic carbocycles. The molecule has 0 bridgehead atoms. The number of rotatable bonds is 6. The summed E-state index contributed by atoms with van der Waals surface area (Å²) < 4.78 is 5.75. The van der Waals surface area contributed by atoms with Gasteiger partial charge in [-0.3, -0.25) is 9.59 Å². The molecular formula is C21H23NO4. The molecule has 1 saturated heterocycles. The molecule has 1 heterocycles. The van der Waals surface area contributed by atoms with Crippen molar-refractivity contribution in [2.75, 3.05) is 13.1 Å². The van der Waals surface area contributed by atoms with Gasteiger partial charge in [-0.15, -0.1) is 0 Å². The number of para-hydroxylation sites is 1. The molecule has 0 radical (unpaired) electrons. The van der Waals surface area contributed by atoms with Gasteiger partial charge in [-0.05, 0) is 61.6 Å². The van der Waals surface area contributed by atoms with E-state index in [9.17, 15) is 9.59 Å². The number of benzene rings is 2. The zero-order valence-electron chi connectivity index (χ0n) is 14.6. The first kappa shape index (κ1) is 18.0. The summed E-state index contributed by atoms with van der Waals surface area (Å²) in [6.07, 6.45) is 2.70. The molecular weight excluding hydrogens is 330 g/mol. The van der Waals surface area contributed by atoms with Crippen molar-refractivity contribution in [1.82, 2.24) is 4.90 Å². The van der Waals surface area contributed by atoms with Crippen molar-refractivity contribution < 1.29 is 19.4 Å². The molecule has 26 heavy (non-hydrogen) atoms. The Morgan fingerprint density at radius 3 is 2.42 bits per heavy atom. The van der Waals surface area contributed by atoms with Gasteiger partial charge in [-0.2, -0.15) is 0 Å². The summed E-state index contributed by atoms with van der Waals surface area (Å²) in [5.41, 5.74) is 0.629. The second kappa shape index (κ2) is 8.52. The lowest BCUT2D eigenvalue weighted by Gasteiger charge is -2.32. The molecule has 0 aromatic heterocycles. The fourth-order valence-electron chi connectivity index (χ4n) is 3.29. The average molecular weight is 353 g/mol. The Morgan fingerprint density at radius 2 is 1.73 bits per heavy atom. The van der Waals surface area contributed by atoms with Crippen molar-refractivity contribution in [2.24, 2.45) is 5.92 Å². The van der Waals surface area contributed by atoms with Crippen LogP contribution in [0.4, 0.5) is 0 Å². The van der Waals surface area contributed by atoms with Crippen molar-refractivity contribution in [3.8, 4) is 11.5 Å². The van der Waals surface area contributed by atoms with Crippen LogP contribution in [-0.4, -0.2) is 35.0 Å². The molecule has 1 N–H and O–H groups in total. The van der Waals surface area contributed by atoms with Crippen LogP contribution in [0.5, 0.6) is 11.5 Å². The highest BCUT2D eigenvalue weighted by Crippen LogP contribution is 2.24. The Morgan fingerprint density at radius 1 is 1.04 bits per heavy atom. The molecule has 136 valence electrons. The van der Waals surface area contributed by atoms with Gasteiger partial charge in [0.1, 0.15) is 11.5 Å². The minimum absolute atomic E-state index is 0.00344. The smallest absolute Gasteiger partial charge is 0.303 e. The third kappa shape index (κ3) is 4.85. The summed E-state index contributed by atoms with van der Waals surface area (Å²) in [6, 6.07) is 16.7. The third-order valence-corrected chi connectivity index (χ3v) is 4.65. The summed E-state index contributed by atoms with van der Waals surface area (Å²) in [4.78, 5) is 25.3. The first-order valence-electron chi connectivity index (χ1n) is 8.96. The number of carboxylic acid groups (broad SMARTS) is 1. The number of nitrogens with zero attached hydrogens (tertiary/aromatic N) is 1. The van der Waals surface area contributed by atoms with Gasteiger partial charge in [0.05, 0.1) is 0 Å². The molecule has 1 aliphatic rings. The highest BCUT2D eigenvalue weighted by atomic mass is 16.5. The fourth-order valence-corrected chi connectivity index (χ4v) is 3.29. The highest BCUT2D eigenvalue weighted by molar-refractivity contribution is 5.94. The lowest BCUT2D eigenvalue weighted by Crippen LogP contribution is -2.40. The van der Waals surface area contributed by atoms with Crippen LogP contribution in [-0.2, 0) is 4.79 Å². The van der Waals surface area contributed by atoms with E-state index in [-0.39, 0.29) is 18.2 Å². The number of likely N-dealkylation sites (tertiary alicyclic amines) is 1. The van der Waals surface area contributed by atoms with E-state index in [0.717, 1.165) is 25.1 Å². The van der Waals surface area contributed by atoms with Crippen LogP contribution in [0, 0.1) is 5.92 Å². The van der Waals surface area contributed by atoms with Crippen LogP contribution in [0.15, 0.2) is 54.6 Å². The average Bonchev–Trinajstić information content (AvgIpc) is 2.67. The Bertz CT molecular complexity index is 742. The lowest BCUT2D eigenvalue weighted by atomic mass is 9.93. The van der Waals surface area contributed by atoms with Gasteiger partial charge >= 0.3 is 5.97 Å². The van der Waals surface area contributed by atoms with Crippen molar-refractivity contribution in [3.63, 3.8) is 0 Å². The summed E-state index contributed by atoms with van der Waals surface area (Å²) in [7, 11) is 0. The van der Waals surface area contributed by atoms with Crippen LogP contribution in [0.25, 0.3) is 0 Å². The van der Waals surface area contributed by atoms with E-state index >= 15 is 0 Å². The number of amides is 1. The second-order valence-corrected chi connectivity index (χ2v) is 6.63. The van der Waals surface area contributed by atoms with Crippen LogP contribution in [0.1, 0.15) is 36.0 Å². The molecule has 1 atom stereocenters. The number of hydrogen-bond acceptors (Lipinski definition) is 3. The first-order chi connectivity index (χ1) is 12.6. The Balaban J connectivity index is 1.59. The van der Waals surface area contributed by atoms with Gasteiger partial charge < -0.3 is 14.7 Å². The molecule has 1 amide bonds. The molecule has 3 rings (SSSR count). The summed E-state index contributed by atoms with van der Waals surface area (Å²) in [6.45, 7) is 1.36. The van der Waals surface area contributed by atoms with Crippen molar-refractivity contribution >= 4 is 11.9 Å². The van der Waals surface area contributed by atoms with Crippen LogP contribution >= 0.6 is 0 Å². The van der Waals surface area contributed by atoms with E-state index < -0.39 is 5.97 Å². The van der Waals surface area contributed by atoms with E-state index in [1.54, 1.807) is 24.3 Å². The maximum absolute atomic E-state index is 12.7. The number of carbonyl (C=O) groups excluding carboxylic acids is 1. The van der Waals surface area contributed by atoms with Crippen molar-refractivity contribution in [3.05, 3.63) is 60.2 Å². The molecule has 5 heteroatoms. The molecule has 0 spiro atoms. The van der Waals surface area contributed by atoms with E-state index in [1.807, 2.05) is 35.2 Å². The lowest BCUT2D eigenvalue weighted by molar-refractivity contribution is -0.137. The molecule has 1 aliphatic heterocycles. The van der Waals surface area contributed by atoms with Gasteiger partial charge in [0.15, 0.2) is 0 Å². The fraction of sp³-hybridized carbons (Fsp3) is 0.333. The molecule has 2 aromatic carbocycles. The number of ether oxygens (including phenoxy) is 1. The minimum atomic E-state index is -0.776. The van der Waals surface area contributed by atoms with Gasteiger partial charge in [0, 0.05) is 25.1 Å². The quantitative estimate of drug-likeness (QED) is 0.845. The van der Waals surface area contributed by atoms with Crippen LogP contribution < -0.4 is 4.74 Å². The molecule has 1 unspecified atom stereocenters. The maximum atomic E-state index is 12.7. The topological polar surface area (TPSA) is 66.8 Å². The van der Waals surface area contributed by atoms with E-state index in [0.29, 0.717) is 24.3 Å². The Hall–Kier alpha value is -2.82. The van der Waals surface area contributed by atoms with Crippen LogP contribution in [0.3, 0.4) is 0 Å². The maximum Gasteiger partial charge on any atom is 0.303 e. The monoisotopic (exact) mass is 353 g/mol. The first-order valence-corrected chi connectivity index (χ1v) is 8.96. The molecule has 2 aromatic rings. The van der Waals surface area contributed by atoms with Gasteiger partial charge in [0.25, 0.3) is 5.91 Å². The van der Waals surface area contributed by atoms with Crippen molar-refractivity contribution in [1.29, 1.82) is 0 Å². The number of piperidine rings is 1.